The predicted molar refractivity (Wildman–Crippen MR) is 130 cm³/mol. The SMILES string of the molecule is CC(C)(NC(=O)COc1ccccc1)C(=O)N1CCCC1c1ccnc(-c2cccc(Cl)c2)n1. The predicted octanol–water partition coefficient (Wildman–Crippen LogP) is 4.43. The first-order valence-corrected chi connectivity index (χ1v) is 11.6. The summed E-state index contributed by atoms with van der Waals surface area (Å²) in [6.45, 7) is 3.85. The van der Waals surface area contributed by atoms with Crippen LogP contribution < -0.4 is 10.1 Å². The second kappa shape index (κ2) is 10.2. The molecule has 0 aliphatic carbocycles. The van der Waals surface area contributed by atoms with Gasteiger partial charge in [-0.15, -0.1) is 0 Å². The average Bonchev–Trinajstić information content (AvgIpc) is 3.32. The van der Waals surface area contributed by atoms with Gasteiger partial charge < -0.3 is 15.0 Å². The maximum atomic E-state index is 13.5. The van der Waals surface area contributed by atoms with Crippen LogP contribution in [0.5, 0.6) is 5.75 Å². The van der Waals surface area contributed by atoms with E-state index in [1.807, 2.05) is 42.5 Å². The monoisotopic (exact) mass is 478 g/mol. The zero-order valence-corrected chi connectivity index (χ0v) is 20.0. The van der Waals surface area contributed by atoms with E-state index in [0.717, 1.165) is 24.1 Å². The van der Waals surface area contributed by atoms with Crippen LogP contribution >= 0.6 is 11.6 Å². The number of rotatable bonds is 7. The van der Waals surface area contributed by atoms with Crippen molar-refractivity contribution >= 4 is 23.4 Å². The van der Waals surface area contributed by atoms with Gasteiger partial charge in [-0.1, -0.05) is 41.9 Å². The minimum absolute atomic E-state index is 0.161. The Morgan fingerprint density at radius 1 is 1.15 bits per heavy atom. The number of carbonyl (C=O) groups is 2. The van der Waals surface area contributed by atoms with Crippen LogP contribution in [-0.4, -0.2) is 45.4 Å². The number of aromatic nitrogens is 2. The number of benzene rings is 2. The fourth-order valence-corrected chi connectivity index (χ4v) is 4.30. The van der Waals surface area contributed by atoms with Crippen molar-refractivity contribution in [2.75, 3.05) is 13.2 Å². The van der Waals surface area contributed by atoms with Crippen LogP contribution in [-0.2, 0) is 9.59 Å². The van der Waals surface area contributed by atoms with E-state index >= 15 is 0 Å². The maximum absolute atomic E-state index is 13.5. The number of amides is 2. The Morgan fingerprint density at radius 2 is 1.94 bits per heavy atom. The molecule has 0 saturated carbocycles. The first kappa shape index (κ1) is 23.7. The van der Waals surface area contributed by atoms with Gasteiger partial charge in [-0.25, -0.2) is 9.97 Å². The Kier molecular flexibility index (Phi) is 7.12. The third-order valence-electron chi connectivity index (χ3n) is 5.71. The fraction of sp³-hybridized carbons (Fsp3) is 0.308. The Balaban J connectivity index is 1.45. The molecule has 1 aliphatic heterocycles. The van der Waals surface area contributed by atoms with Crippen molar-refractivity contribution in [3.63, 3.8) is 0 Å². The van der Waals surface area contributed by atoms with Crippen molar-refractivity contribution in [2.45, 2.75) is 38.3 Å². The first-order valence-electron chi connectivity index (χ1n) is 11.2. The molecule has 1 atom stereocenters. The summed E-state index contributed by atoms with van der Waals surface area (Å²) in [6, 6.07) is 18.1. The summed E-state index contributed by atoms with van der Waals surface area (Å²) in [7, 11) is 0. The van der Waals surface area contributed by atoms with Gasteiger partial charge >= 0.3 is 0 Å². The molecule has 1 saturated heterocycles. The number of hydrogen-bond donors (Lipinski definition) is 1. The van der Waals surface area contributed by atoms with Crippen molar-refractivity contribution in [3.8, 4) is 17.1 Å². The summed E-state index contributed by atoms with van der Waals surface area (Å²) >= 11 is 6.12. The van der Waals surface area contributed by atoms with E-state index in [2.05, 4.69) is 10.3 Å². The molecule has 1 N–H and O–H groups in total. The Hall–Kier alpha value is -3.45. The molecular formula is C26H27ClN4O3. The van der Waals surface area contributed by atoms with Gasteiger partial charge in [0.25, 0.3) is 5.91 Å². The number of hydrogen-bond acceptors (Lipinski definition) is 5. The van der Waals surface area contributed by atoms with E-state index in [-0.39, 0.29) is 24.5 Å². The molecule has 1 unspecified atom stereocenters. The summed E-state index contributed by atoms with van der Waals surface area (Å²) in [5.74, 6) is 0.639. The Bertz CT molecular complexity index is 1170. The molecule has 4 rings (SSSR count). The molecule has 1 aliphatic rings. The first-order chi connectivity index (χ1) is 16.3. The summed E-state index contributed by atoms with van der Waals surface area (Å²) in [5, 5.41) is 3.43. The summed E-state index contributed by atoms with van der Waals surface area (Å²) < 4.78 is 5.51. The van der Waals surface area contributed by atoms with Crippen LogP contribution in [0.15, 0.2) is 66.9 Å². The minimum Gasteiger partial charge on any atom is -0.484 e. The smallest absolute Gasteiger partial charge is 0.258 e. The number of nitrogens with one attached hydrogen (secondary N) is 1. The summed E-state index contributed by atoms with van der Waals surface area (Å²) in [4.78, 5) is 36.9. The van der Waals surface area contributed by atoms with Gasteiger partial charge in [0.2, 0.25) is 5.91 Å². The van der Waals surface area contributed by atoms with Crippen LogP contribution in [0.2, 0.25) is 5.02 Å². The van der Waals surface area contributed by atoms with Crippen LogP contribution in [0.3, 0.4) is 0 Å². The number of para-hydroxylation sites is 1. The van der Waals surface area contributed by atoms with Gasteiger partial charge in [-0.3, -0.25) is 9.59 Å². The number of carbonyl (C=O) groups excluding carboxylic acids is 2. The van der Waals surface area contributed by atoms with Crippen molar-refractivity contribution in [2.24, 2.45) is 0 Å². The van der Waals surface area contributed by atoms with Crippen molar-refractivity contribution < 1.29 is 14.3 Å². The topological polar surface area (TPSA) is 84.4 Å². The molecule has 8 heteroatoms. The van der Waals surface area contributed by atoms with Crippen LogP contribution in [0, 0.1) is 0 Å². The van der Waals surface area contributed by atoms with E-state index < -0.39 is 5.54 Å². The van der Waals surface area contributed by atoms with E-state index in [0.29, 0.717) is 23.1 Å². The molecule has 7 nitrogen and oxygen atoms in total. The maximum Gasteiger partial charge on any atom is 0.258 e. The van der Waals surface area contributed by atoms with Gasteiger partial charge in [0.05, 0.1) is 11.7 Å². The molecule has 3 aromatic rings. The molecule has 1 fully saturated rings. The van der Waals surface area contributed by atoms with Gasteiger partial charge in [-0.2, -0.15) is 0 Å². The molecule has 2 amide bonds. The quantitative estimate of drug-likeness (QED) is 0.543. The number of halogens is 1. The highest BCUT2D eigenvalue weighted by molar-refractivity contribution is 6.30. The lowest BCUT2D eigenvalue weighted by atomic mass is 10.0. The van der Waals surface area contributed by atoms with Gasteiger partial charge in [-0.05, 0) is 57.0 Å². The van der Waals surface area contributed by atoms with Crippen LogP contribution in [0.4, 0.5) is 0 Å². The van der Waals surface area contributed by atoms with Gasteiger partial charge in [0, 0.05) is 23.3 Å². The van der Waals surface area contributed by atoms with Crippen LogP contribution in [0.25, 0.3) is 11.4 Å². The zero-order valence-electron chi connectivity index (χ0n) is 19.2. The molecule has 1 aromatic heterocycles. The molecule has 2 aromatic carbocycles. The highest BCUT2D eigenvalue weighted by atomic mass is 35.5. The molecular weight excluding hydrogens is 452 g/mol. The van der Waals surface area contributed by atoms with E-state index in [9.17, 15) is 9.59 Å². The molecule has 0 radical (unpaired) electrons. The second-order valence-corrected chi connectivity index (χ2v) is 9.18. The lowest BCUT2D eigenvalue weighted by Gasteiger charge is -2.33. The minimum atomic E-state index is -1.09. The van der Waals surface area contributed by atoms with Gasteiger partial charge in [0.1, 0.15) is 11.3 Å². The number of likely N-dealkylation sites (tertiary alicyclic amines) is 1. The third kappa shape index (κ3) is 5.54. The summed E-state index contributed by atoms with van der Waals surface area (Å²) in [6.07, 6.45) is 3.35. The lowest BCUT2D eigenvalue weighted by molar-refractivity contribution is -0.141. The third-order valence-corrected chi connectivity index (χ3v) is 5.95. The summed E-state index contributed by atoms with van der Waals surface area (Å²) in [5.41, 5.74) is 0.490. The number of nitrogens with zero attached hydrogens (tertiary/aromatic N) is 3. The fourth-order valence-electron chi connectivity index (χ4n) is 4.10. The Labute approximate surface area is 204 Å². The number of ether oxygens (including phenoxy) is 1. The average molecular weight is 479 g/mol. The molecule has 176 valence electrons. The van der Waals surface area contributed by atoms with Crippen molar-refractivity contribution in [3.05, 3.63) is 77.6 Å². The lowest BCUT2D eigenvalue weighted by Crippen LogP contribution is -2.56. The normalized spacial score (nSPS) is 15.7. The molecule has 34 heavy (non-hydrogen) atoms. The zero-order chi connectivity index (χ0) is 24.1. The van der Waals surface area contributed by atoms with Crippen LogP contribution in [0.1, 0.15) is 38.4 Å². The van der Waals surface area contributed by atoms with E-state index in [1.165, 1.54) is 0 Å². The largest absolute Gasteiger partial charge is 0.484 e. The van der Waals surface area contributed by atoms with E-state index in [4.69, 9.17) is 21.3 Å². The second-order valence-electron chi connectivity index (χ2n) is 8.75. The van der Waals surface area contributed by atoms with E-state index in [1.54, 1.807) is 43.1 Å². The highest BCUT2D eigenvalue weighted by Gasteiger charge is 2.40. The van der Waals surface area contributed by atoms with Gasteiger partial charge in [0.15, 0.2) is 12.4 Å². The highest BCUT2D eigenvalue weighted by Crippen LogP contribution is 2.33. The van der Waals surface area contributed by atoms with Crippen molar-refractivity contribution in [1.29, 1.82) is 0 Å². The molecule has 0 bridgehead atoms. The molecule has 2 heterocycles. The molecule has 0 spiro atoms. The Morgan fingerprint density at radius 3 is 2.71 bits per heavy atom. The van der Waals surface area contributed by atoms with Crippen molar-refractivity contribution in [1.82, 2.24) is 20.2 Å². The standard InChI is InChI=1S/C26H27ClN4O3/c1-26(2,30-23(32)17-34-20-10-4-3-5-11-20)25(33)31-15-7-12-22(31)21-13-14-28-24(29-21)18-8-6-9-19(27)16-18/h3-6,8-11,13-14,16,22H,7,12,15,17H2,1-2H3,(H,30,32).